The Hall–Kier alpha value is -1.09. The van der Waals surface area contributed by atoms with Gasteiger partial charge in [0.25, 0.3) is 0 Å². The van der Waals surface area contributed by atoms with E-state index < -0.39 is 0 Å². The fourth-order valence-corrected chi connectivity index (χ4v) is 2.04. The monoisotopic (exact) mass is 249 g/mol. The fraction of sp³-hybridized carbons (Fsp3) is 0.667. The van der Waals surface area contributed by atoms with E-state index in [9.17, 15) is 0 Å². The number of nitrogens with two attached hydrogens (primary N) is 1. The minimum absolute atomic E-state index is 0.189. The topological polar surface area (TPSA) is 42.1 Å². The normalized spacial score (nSPS) is 13.1. The molecule has 0 radical (unpaired) electrons. The number of aromatic nitrogens is 1. The summed E-state index contributed by atoms with van der Waals surface area (Å²) in [7, 11) is 0. The molecule has 0 aliphatic rings. The summed E-state index contributed by atoms with van der Waals surface area (Å²) in [5, 5.41) is 0. The highest BCUT2D eigenvalue weighted by Gasteiger charge is 2.13. The SMILES string of the molecule is CC(C)CN(c1ccc(CC(C)N)cn1)C(C)C. The predicted octanol–water partition coefficient (Wildman–Crippen LogP) is 2.84. The van der Waals surface area contributed by atoms with Crippen molar-refractivity contribution in [2.45, 2.75) is 53.1 Å². The highest BCUT2D eigenvalue weighted by Crippen LogP contribution is 2.16. The summed E-state index contributed by atoms with van der Waals surface area (Å²) >= 11 is 0. The van der Waals surface area contributed by atoms with Crippen molar-refractivity contribution in [2.24, 2.45) is 11.7 Å². The highest BCUT2D eigenvalue weighted by molar-refractivity contribution is 5.40. The first-order valence-corrected chi connectivity index (χ1v) is 6.87. The van der Waals surface area contributed by atoms with Gasteiger partial charge in [-0.05, 0) is 44.7 Å². The van der Waals surface area contributed by atoms with Gasteiger partial charge in [-0.1, -0.05) is 19.9 Å². The molecule has 3 nitrogen and oxygen atoms in total. The van der Waals surface area contributed by atoms with Gasteiger partial charge >= 0.3 is 0 Å². The van der Waals surface area contributed by atoms with Crippen LogP contribution in [-0.4, -0.2) is 23.6 Å². The number of rotatable bonds is 6. The Morgan fingerprint density at radius 1 is 1.17 bits per heavy atom. The molecule has 1 aromatic heterocycles. The van der Waals surface area contributed by atoms with Crippen LogP contribution in [0, 0.1) is 5.92 Å². The molecule has 1 aromatic rings. The van der Waals surface area contributed by atoms with Crippen LogP contribution in [0.2, 0.25) is 0 Å². The lowest BCUT2D eigenvalue weighted by Crippen LogP contribution is -2.34. The van der Waals surface area contributed by atoms with Gasteiger partial charge in [0.15, 0.2) is 0 Å². The largest absolute Gasteiger partial charge is 0.354 e. The molecule has 0 saturated heterocycles. The highest BCUT2D eigenvalue weighted by atomic mass is 15.2. The molecule has 0 aliphatic heterocycles. The van der Waals surface area contributed by atoms with E-state index in [2.05, 4.69) is 49.7 Å². The molecule has 0 amide bonds. The molecule has 1 unspecified atom stereocenters. The van der Waals surface area contributed by atoms with Crippen molar-refractivity contribution in [1.82, 2.24) is 4.98 Å². The van der Waals surface area contributed by atoms with E-state index in [1.807, 2.05) is 13.1 Å². The average Bonchev–Trinajstić information content (AvgIpc) is 2.26. The Bertz CT molecular complexity index is 341. The molecular weight excluding hydrogens is 222 g/mol. The maximum atomic E-state index is 5.80. The summed E-state index contributed by atoms with van der Waals surface area (Å²) in [6.45, 7) is 11.9. The van der Waals surface area contributed by atoms with Gasteiger partial charge in [-0.2, -0.15) is 0 Å². The van der Waals surface area contributed by atoms with Gasteiger partial charge in [-0.3, -0.25) is 0 Å². The second-order valence-corrected chi connectivity index (χ2v) is 5.85. The summed E-state index contributed by atoms with van der Waals surface area (Å²) in [6.07, 6.45) is 2.84. The quantitative estimate of drug-likeness (QED) is 0.843. The smallest absolute Gasteiger partial charge is 0.128 e. The van der Waals surface area contributed by atoms with Crippen molar-refractivity contribution in [3.05, 3.63) is 23.9 Å². The lowest BCUT2D eigenvalue weighted by molar-refractivity contribution is 0.566. The third-order valence-electron chi connectivity index (χ3n) is 2.85. The van der Waals surface area contributed by atoms with E-state index >= 15 is 0 Å². The zero-order valence-electron chi connectivity index (χ0n) is 12.4. The first-order valence-electron chi connectivity index (χ1n) is 6.87. The minimum Gasteiger partial charge on any atom is -0.354 e. The minimum atomic E-state index is 0.189. The van der Waals surface area contributed by atoms with Crippen LogP contribution in [-0.2, 0) is 6.42 Å². The Kier molecular flexibility index (Phi) is 5.60. The van der Waals surface area contributed by atoms with Crippen molar-refractivity contribution in [3.8, 4) is 0 Å². The van der Waals surface area contributed by atoms with Crippen LogP contribution in [0.1, 0.15) is 40.2 Å². The first kappa shape index (κ1) is 15.0. The van der Waals surface area contributed by atoms with E-state index in [-0.39, 0.29) is 6.04 Å². The Morgan fingerprint density at radius 2 is 1.83 bits per heavy atom. The van der Waals surface area contributed by atoms with Crippen LogP contribution in [0.3, 0.4) is 0 Å². The number of nitrogens with zero attached hydrogens (tertiary/aromatic N) is 2. The lowest BCUT2D eigenvalue weighted by Gasteiger charge is -2.29. The third kappa shape index (κ3) is 4.65. The van der Waals surface area contributed by atoms with Crippen molar-refractivity contribution < 1.29 is 0 Å². The van der Waals surface area contributed by atoms with Crippen LogP contribution in [0.15, 0.2) is 18.3 Å². The molecule has 0 spiro atoms. The van der Waals surface area contributed by atoms with Crippen molar-refractivity contribution in [1.29, 1.82) is 0 Å². The third-order valence-corrected chi connectivity index (χ3v) is 2.85. The predicted molar refractivity (Wildman–Crippen MR) is 78.9 cm³/mol. The molecule has 102 valence electrons. The second-order valence-electron chi connectivity index (χ2n) is 5.85. The van der Waals surface area contributed by atoms with Gasteiger partial charge in [-0.15, -0.1) is 0 Å². The van der Waals surface area contributed by atoms with Crippen molar-refractivity contribution >= 4 is 5.82 Å². The van der Waals surface area contributed by atoms with Gasteiger partial charge in [0.1, 0.15) is 5.82 Å². The van der Waals surface area contributed by atoms with E-state index in [1.165, 1.54) is 5.56 Å². The van der Waals surface area contributed by atoms with Crippen LogP contribution >= 0.6 is 0 Å². The number of hydrogen-bond donors (Lipinski definition) is 1. The lowest BCUT2D eigenvalue weighted by atomic mass is 10.1. The van der Waals surface area contributed by atoms with Gasteiger partial charge in [-0.25, -0.2) is 4.98 Å². The summed E-state index contributed by atoms with van der Waals surface area (Å²) in [5.74, 6) is 1.70. The zero-order chi connectivity index (χ0) is 13.7. The second kappa shape index (κ2) is 6.74. The number of anilines is 1. The molecule has 1 heterocycles. The molecule has 1 atom stereocenters. The average molecular weight is 249 g/mol. The van der Waals surface area contributed by atoms with Crippen LogP contribution in [0.4, 0.5) is 5.82 Å². The number of hydrogen-bond acceptors (Lipinski definition) is 3. The summed E-state index contributed by atoms with van der Waals surface area (Å²) in [6, 6.07) is 4.91. The van der Waals surface area contributed by atoms with Gasteiger partial charge < -0.3 is 10.6 Å². The summed E-state index contributed by atoms with van der Waals surface area (Å²) in [5.41, 5.74) is 7.01. The van der Waals surface area contributed by atoms with E-state index in [0.29, 0.717) is 12.0 Å². The molecule has 1 rings (SSSR count). The molecule has 0 saturated carbocycles. The maximum Gasteiger partial charge on any atom is 0.128 e. The molecule has 0 aliphatic carbocycles. The van der Waals surface area contributed by atoms with Crippen molar-refractivity contribution in [3.63, 3.8) is 0 Å². The number of pyridine rings is 1. The summed E-state index contributed by atoms with van der Waals surface area (Å²) in [4.78, 5) is 6.92. The standard InChI is InChI=1S/C15H27N3/c1-11(2)10-18(12(3)4)15-7-6-14(9-17-15)8-13(5)16/h6-7,9,11-13H,8,10,16H2,1-5H3. The van der Waals surface area contributed by atoms with E-state index in [4.69, 9.17) is 5.73 Å². The van der Waals surface area contributed by atoms with E-state index in [0.717, 1.165) is 18.8 Å². The molecule has 2 N–H and O–H groups in total. The van der Waals surface area contributed by atoms with Crippen LogP contribution in [0.5, 0.6) is 0 Å². The van der Waals surface area contributed by atoms with Gasteiger partial charge in [0.2, 0.25) is 0 Å². The van der Waals surface area contributed by atoms with Gasteiger partial charge in [0, 0.05) is 24.8 Å². The zero-order valence-corrected chi connectivity index (χ0v) is 12.4. The fourth-order valence-electron chi connectivity index (χ4n) is 2.04. The Labute approximate surface area is 111 Å². The van der Waals surface area contributed by atoms with Crippen LogP contribution < -0.4 is 10.6 Å². The molecular formula is C15H27N3. The van der Waals surface area contributed by atoms with Gasteiger partial charge in [0.05, 0.1) is 0 Å². The van der Waals surface area contributed by atoms with E-state index in [1.54, 1.807) is 0 Å². The summed E-state index contributed by atoms with van der Waals surface area (Å²) < 4.78 is 0. The molecule has 0 fully saturated rings. The molecule has 3 heteroatoms. The Balaban J connectivity index is 2.80. The first-order chi connectivity index (χ1) is 8.40. The molecule has 18 heavy (non-hydrogen) atoms. The molecule has 0 aromatic carbocycles. The maximum absolute atomic E-state index is 5.80. The van der Waals surface area contributed by atoms with Crippen molar-refractivity contribution in [2.75, 3.05) is 11.4 Å². The molecule has 0 bridgehead atoms. The van der Waals surface area contributed by atoms with Crippen LogP contribution in [0.25, 0.3) is 0 Å². The Morgan fingerprint density at radius 3 is 2.22 bits per heavy atom.